The second-order valence-electron chi connectivity index (χ2n) is 2.90. The lowest BCUT2D eigenvalue weighted by Gasteiger charge is -2.05. The van der Waals surface area contributed by atoms with Crippen molar-refractivity contribution in [2.75, 3.05) is 0 Å². The van der Waals surface area contributed by atoms with Crippen LogP contribution in [0.2, 0.25) is 0 Å². The van der Waals surface area contributed by atoms with Gasteiger partial charge in [-0.1, -0.05) is 11.4 Å². The summed E-state index contributed by atoms with van der Waals surface area (Å²) < 4.78 is 8.74. The number of hydrogen-bond donors (Lipinski definition) is 1. The first-order valence-corrected chi connectivity index (χ1v) is 5.11. The van der Waals surface area contributed by atoms with E-state index in [9.17, 15) is 5.11 Å². The van der Waals surface area contributed by atoms with Crippen molar-refractivity contribution < 1.29 is 9.52 Å². The fourth-order valence-electron chi connectivity index (χ4n) is 1.25. The Morgan fingerprint density at radius 2 is 2.50 bits per heavy atom. The van der Waals surface area contributed by atoms with Crippen molar-refractivity contribution in [2.24, 2.45) is 0 Å². The Labute approximate surface area is 85.4 Å². The molecule has 0 aliphatic carbocycles. The van der Waals surface area contributed by atoms with Crippen LogP contribution in [-0.2, 0) is 6.42 Å². The zero-order valence-corrected chi connectivity index (χ0v) is 8.49. The van der Waals surface area contributed by atoms with Crippen LogP contribution < -0.4 is 0 Å². The fraction of sp³-hybridized carbons (Fsp3) is 0.333. The van der Waals surface area contributed by atoms with Gasteiger partial charge in [-0.25, -0.2) is 0 Å². The van der Waals surface area contributed by atoms with Gasteiger partial charge in [0.1, 0.15) is 6.10 Å². The summed E-state index contributed by atoms with van der Waals surface area (Å²) in [5.41, 5.74) is 1.59. The molecular weight excluding hydrogens is 200 g/mol. The third kappa shape index (κ3) is 1.56. The molecule has 0 bridgehead atoms. The van der Waals surface area contributed by atoms with E-state index in [1.807, 2.05) is 6.92 Å². The fourth-order valence-corrected chi connectivity index (χ4v) is 2.00. The molecule has 4 nitrogen and oxygen atoms in total. The molecule has 14 heavy (non-hydrogen) atoms. The van der Waals surface area contributed by atoms with Crippen LogP contribution in [0.4, 0.5) is 0 Å². The number of rotatable bonds is 3. The lowest BCUT2D eigenvalue weighted by molar-refractivity contribution is 0.222. The molecule has 0 aliphatic rings. The number of aliphatic hydroxyl groups is 1. The summed E-state index contributed by atoms with van der Waals surface area (Å²) >= 11 is 1.23. The molecule has 0 radical (unpaired) electrons. The quantitative estimate of drug-likeness (QED) is 0.838. The second kappa shape index (κ2) is 3.89. The zero-order chi connectivity index (χ0) is 9.97. The number of aryl methyl sites for hydroxylation is 1. The van der Waals surface area contributed by atoms with Crippen LogP contribution in [0.3, 0.4) is 0 Å². The summed E-state index contributed by atoms with van der Waals surface area (Å²) in [5.74, 6) is 0. The minimum atomic E-state index is -0.663. The van der Waals surface area contributed by atoms with Crippen LogP contribution in [0.25, 0.3) is 0 Å². The molecule has 0 aliphatic heterocycles. The molecule has 74 valence electrons. The standard InChI is InChI=1S/C9H10N2O2S/c1-2-7-9(14-11-10-7)8(12)6-3-4-13-5-6/h3-5,8,12H,2H2,1H3. The predicted molar refractivity (Wildman–Crippen MR) is 52.1 cm³/mol. The van der Waals surface area contributed by atoms with Crippen molar-refractivity contribution in [3.8, 4) is 0 Å². The van der Waals surface area contributed by atoms with E-state index in [1.54, 1.807) is 12.3 Å². The summed E-state index contributed by atoms with van der Waals surface area (Å²) in [7, 11) is 0. The number of aliphatic hydroxyl groups excluding tert-OH is 1. The van der Waals surface area contributed by atoms with Gasteiger partial charge in [-0.2, -0.15) is 0 Å². The molecule has 1 atom stereocenters. The summed E-state index contributed by atoms with van der Waals surface area (Å²) in [6.07, 6.45) is 3.19. The highest BCUT2D eigenvalue weighted by Crippen LogP contribution is 2.27. The maximum atomic E-state index is 9.95. The van der Waals surface area contributed by atoms with Crippen LogP contribution in [0.1, 0.15) is 29.2 Å². The van der Waals surface area contributed by atoms with Gasteiger partial charge in [0, 0.05) is 5.56 Å². The second-order valence-corrected chi connectivity index (χ2v) is 3.68. The average molecular weight is 210 g/mol. The van der Waals surface area contributed by atoms with Crippen LogP contribution in [0.15, 0.2) is 23.0 Å². The van der Waals surface area contributed by atoms with Gasteiger partial charge >= 0.3 is 0 Å². The van der Waals surface area contributed by atoms with Gasteiger partial charge < -0.3 is 9.52 Å². The summed E-state index contributed by atoms with van der Waals surface area (Å²) in [5, 5.41) is 13.9. The van der Waals surface area contributed by atoms with E-state index in [1.165, 1.54) is 17.8 Å². The highest BCUT2D eigenvalue weighted by atomic mass is 32.1. The Morgan fingerprint density at radius 1 is 1.64 bits per heavy atom. The zero-order valence-electron chi connectivity index (χ0n) is 7.67. The minimum Gasteiger partial charge on any atom is -0.472 e. The maximum absolute atomic E-state index is 9.95. The van der Waals surface area contributed by atoms with Gasteiger partial charge in [0.2, 0.25) is 0 Å². The van der Waals surface area contributed by atoms with Crippen molar-refractivity contribution in [1.29, 1.82) is 0 Å². The van der Waals surface area contributed by atoms with Crippen molar-refractivity contribution in [1.82, 2.24) is 9.59 Å². The Balaban J connectivity index is 2.31. The summed E-state index contributed by atoms with van der Waals surface area (Å²) in [6.45, 7) is 1.99. The van der Waals surface area contributed by atoms with E-state index in [4.69, 9.17) is 4.42 Å². The molecule has 1 unspecified atom stereocenters. The Morgan fingerprint density at radius 3 is 3.14 bits per heavy atom. The average Bonchev–Trinajstić information content (AvgIpc) is 2.87. The highest BCUT2D eigenvalue weighted by molar-refractivity contribution is 7.05. The van der Waals surface area contributed by atoms with Gasteiger partial charge in [-0.05, 0) is 24.0 Å². The Kier molecular flexibility index (Phi) is 2.60. The van der Waals surface area contributed by atoms with Crippen molar-refractivity contribution in [3.63, 3.8) is 0 Å². The first-order chi connectivity index (χ1) is 6.83. The first kappa shape index (κ1) is 9.36. The monoisotopic (exact) mass is 210 g/mol. The lowest BCUT2D eigenvalue weighted by Crippen LogP contribution is -1.99. The number of nitrogens with zero attached hydrogens (tertiary/aromatic N) is 2. The minimum absolute atomic E-state index is 0.663. The molecule has 0 spiro atoms. The van der Waals surface area contributed by atoms with Gasteiger partial charge in [0.15, 0.2) is 0 Å². The van der Waals surface area contributed by atoms with Gasteiger partial charge in [0.05, 0.1) is 23.1 Å². The van der Waals surface area contributed by atoms with Gasteiger partial charge in [-0.15, -0.1) is 5.10 Å². The summed E-state index contributed by atoms with van der Waals surface area (Å²) in [6, 6.07) is 1.74. The number of hydrogen-bond acceptors (Lipinski definition) is 5. The van der Waals surface area contributed by atoms with Crippen molar-refractivity contribution in [3.05, 3.63) is 34.7 Å². The molecule has 2 aromatic rings. The molecule has 2 heterocycles. The SMILES string of the molecule is CCc1nnsc1C(O)c1ccoc1. The van der Waals surface area contributed by atoms with Crippen LogP contribution >= 0.6 is 11.5 Å². The largest absolute Gasteiger partial charge is 0.472 e. The number of furan rings is 1. The first-order valence-electron chi connectivity index (χ1n) is 4.34. The molecule has 0 fully saturated rings. The van der Waals surface area contributed by atoms with E-state index in [2.05, 4.69) is 9.59 Å². The van der Waals surface area contributed by atoms with Crippen LogP contribution in [0.5, 0.6) is 0 Å². The van der Waals surface area contributed by atoms with Gasteiger partial charge in [0.25, 0.3) is 0 Å². The van der Waals surface area contributed by atoms with E-state index < -0.39 is 6.10 Å². The Hall–Kier alpha value is -1.20. The molecule has 2 aromatic heterocycles. The van der Waals surface area contributed by atoms with E-state index in [-0.39, 0.29) is 0 Å². The molecule has 0 aromatic carbocycles. The highest BCUT2D eigenvalue weighted by Gasteiger charge is 2.18. The van der Waals surface area contributed by atoms with Crippen molar-refractivity contribution >= 4 is 11.5 Å². The molecule has 0 amide bonds. The lowest BCUT2D eigenvalue weighted by atomic mass is 10.1. The smallest absolute Gasteiger partial charge is 0.120 e. The van der Waals surface area contributed by atoms with E-state index in [0.717, 1.165) is 22.6 Å². The molecule has 1 N–H and O–H groups in total. The third-order valence-corrected chi connectivity index (χ3v) is 2.85. The molecule has 0 saturated carbocycles. The predicted octanol–water partition coefficient (Wildman–Crippen LogP) is 1.78. The Bertz CT molecular complexity index is 397. The molecule has 2 rings (SSSR count). The molecular formula is C9H10N2O2S. The topological polar surface area (TPSA) is 59.2 Å². The maximum Gasteiger partial charge on any atom is 0.120 e. The van der Waals surface area contributed by atoms with E-state index >= 15 is 0 Å². The summed E-state index contributed by atoms with van der Waals surface area (Å²) in [4.78, 5) is 0.800. The van der Waals surface area contributed by atoms with Crippen LogP contribution in [0, 0.1) is 0 Å². The van der Waals surface area contributed by atoms with Crippen LogP contribution in [-0.4, -0.2) is 14.7 Å². The van der Waals surface area contributed by atoms with E-state index in [0.29, 0.717) is 0 Å². The van der Waals surface area contributed by atoms with Gasteiger partial charge in [-0.3, -0.25) is 0 Å². The number of aromatic nitrogens is 2. The van der Waals surface area contributed by atoms with Crippen molar-refractivity contribution in [2.45, 2.75) is 19.4 Å². The molecule has 0 saturated heterocycles. The normalized spacial score (nSPS) is 13.0. The molecule has 5 heteroatoms. The third-order valence-electron chi connectivity index (χ3n) is 2.03.